The van der Waals surface area contributed by atoms with E-state index in [2.05, 4.69) is 114 Å². The molecule has 3 aromatic carbocycles. The second-order valence-corrected chi connectivity index (χ2v) is 20.7. The van der Waals surface area contributed by atoms with E-state index in [1.165, 1.54) is 17.3 Å². The second kappa shape index (κ2) is 25.5. The van der Waals surface area contributed by atoms with E-state index in [-0.39, 0.29) is 5.56 Å². The summed E-state index contributed by atoms with van der Waals surface area (Å²) in [6.45, 7) is 11.5. The molecule has 0 radical (unpaired) electrons. The number of nitrogens with zero attached hydrogens (tertiary/aromatic N) is 14. The van der Waals surface area contributed by atoms with Gasteiger partial charge in [-0.05, 0) is 71.3 Å². The van der Waals surface area contributed by atoms with Crippen LogP contribution in [0.2, 0.25) is 0 Å². The molecule has 6 aromatic heterocycles. The van der Waals surface area contributed by atoms with Crippen molar-refractivity contribution in [1.82, 2.24) is 44.9 Å². The number of hydrogen-bond donors (Lipinski definition) is 1. The summed E-state index contributed by atoms with van der Waals surface area (Å²) in [4.78, 5) is 71.3. The van der Waals surface area contributed by atoms with Gasteiger partial charge in [0.1, 0.15) is 34.5 Å². The van der Waals surface area contributed by atoms with Crippen molar-refractivity contribution in [2.45, 2.75) is 19.6 Å². The van der Waals surface area contributed by atoms with Gasteiger partial charge >= 0.3 is 0 Å². The molecule has 21 heteroatoms. The number of benzene rings is 3. The van der Waals surface area contributed by atoms with Gasteiger partial charge in [-0.1, -0.05) is 36.4 Å². The first-order valence-corrected chi connectivity index (χ1v) is 28.6. The van der Waals surface area contributed by atoms with Crippen molar-refractivity contribution in [3.05, 3.63) is 207 Å². The van der Waals surface area contributed by atoms with Crippen LogP contribution in [0.1, 0.15) is 50.1 Å². The van der Waals surface area contributed by atoms with E-state index < -0.39 is 0 Å². The molecule has 0 unspecified atom stereocenters. The smallest absolute Gasteiger partial charge is 0.274 e. The van der Waals surface area contributed by atoms with Crippen LogP contribution in [-0.2, 0) is 33.8 Å². The third-order valence-corrected chi connectivity index (χ3v) is 15.6. The third-order valence-electron chi connectivity index (χ3n) is 15.6. The van der Waals surface area contributed by atoms with Crippen LogP contribution in [0.5, 0.6) is 11.8 Å². The highest BCUT2D eigenvalue weighted by Gasteiger charge is 2.25. The Bertz CT molecular complexity index is 3930. The van der Waals surface area contributed by atoms with E-state index in [9.17, 15) is 4.79 Å². The van der Waals surface area contributed by atoms with E-state index in [1.54, 1.807) is 45.2 Å². The maximum atomic E-state index is 12.1. The van der Waals surface area contributed by atoms with Gasteiger partial charge in [0, 0.05) is 145 Å². The van der Waals surface area contributed by atoms with Crippen LogP contribution in [0.4, 0.5) is 17.5 Å². The lowest BCUT2D eigenvalue weighted by atomic mass is 9.97. The summed E-state index contributed by atoms with van der Waals surface area (Å²) in [7, 11) is 3.22. The van der Waals surface area contributed by atoms with Crippen molar-refractivity contribution < 1.29 is 23.7 Å². The van der Waals surface area contributed by atoms with Gasteiger partial charge in [-0.15, -0.1) is 0 Å². The molecular formula is C65H61N15O6. The SMILES string of the molecule is COc1nccnc1-c1ccc2c(c1)C(c1ccnc(N3CCOCC3)c1)=NC2.COc1nccnc1-c1ccc2c(c1)C(c1ccnc(N3CCOCC3)c1)=NC2.O=c1[nH]ccnc1-c1ccc2c(c1)C(c1ccnc(N3CCOCC3)c1)=NC2. The Morgan fingerprint density at radius 1 is 0.384 bits per heavy atom. The number of aromatic amines is 1. The Balaban J connectivity index is 0.000000120. The number of anilines is 3. The lowest BCUT2D eigenvalue weighted by Gasteiger charge is -2.28. The predicted molar refractivity (Wildman–Crippen MR) is 328 cm³/mol. The van der Waals surface area contributed by atoms with Gasteiger partial charge in [0.25, 0.3) is 5.56 Å². The van der Waals surface area contributed by atoms with E-state index in [0.29, 0.717) is 37.1 Å². The number of pyridine rings is 3. The average molecular weight is 1150 g/mol. The van der Waals surface area contributed by atoms with Crippen LogP contribution in [0.15, 0.2) is 167 Å². The Kier molecular flexibility index (Phi) is 16.4. The number of rotatable bonds is 11. The Morgan fingerprint density at radius 2 is 0.733 bits per heavy atom. The Labute approximate surface area is 496 Å². The molecule has 0 spiro atoms. The molecule has 6 aliphatic heterocycles. The van der Waals surface area contributed by atoms with Crippen molar-refractivity contribution >= 4 is 34.6 Å². The summed E-state index contributed by atoms with van der Waals surface area (Å²) >= 11 is 0. The Morgan fingerprint density at radius 3 is 1.09 bits per heavy atom. The number of nitrogens with one attached hydrogen (secondary N) is 1. The zero-order valence-electron chi connectivity index (χ0n) is 47.7. The van der Waals surface area contributed by atoms with Gasteiger partial charge < -0.3 is 43.4 Å². The fourth-order valence-electron chi connectivity index (χ4n) is 11.2. The molecule has 0 aliphatic carbocycles. The molecule has 86 heavy (non-hydrogen) atoms. The van der Waals surface area contributed by atoms with E-state index in [4.69, 9.17) is 38.7 Å². The molecule has 432 valence electrons. The van der Waals surface area contributed by atoms with Gasteiger partial charge in [-0.25, -0.2) is 39.9 Å². The van der Waals surface area contributed by atoms with E-state index >= 15 is 0 Å². The molecule has 0 amide bonds. The van der Waals surface area contributed by atoms with Gasteiger partial charge in [-0.3, -0.25) is 19.8 Å². The highest BCUT2D eigenvalue weighted by molar-refractivity contribution is 6.17. The van der Waals surface area contributed by atoms with Crippen molar-refractivity contribution in [3.8, 4) is 45.5 Å². The maximum Gasteiger partial charge on any atom is 0.274 e. The van der Waals surface area contributed by atoms with Crippen LogP contribution in [0.3, 0.4) is 0 Å². The molecule has 0 bridgehead atoms. The summed E-state index contributed by atoms with van der Waals surface area (Å²) in [5, 5.41) is 0. The number of aliphatic imine (C=N–C) groups is 3. The number of methoxy groups -OCH3 is 2. The fraction of sp³-hybridized carbons (Fsp3) is 0.262. The van der Waals surface area contributed by atoms with Gasteiger partial charge in [0.05, 0.1) is 90.6 Å². The van der Waals surface area contributed by atoms with Crippen LogP contribution in [-0.4, -0.2) is 155 Å². The molecule has 12 heterocycles. The first-order chi connectivity index (χ1) is 42.5. The predicted octanol–water partition coefficient (Wildman–Crippen LogP) is 7.49. The number of H-pyrrole nitrogens is 1. The number of morpholine rings is 3. The summed E-state index contributed by atoms with van der Waals surface area (Å²) in [5.74, 6) is 3.90. The molecule has 0 atom stereocenters. The van der Waals surface area contributed by atoms with Crippen LogP contribution in [0, 0.1) is 0 Å². The van der Waals surface area contributed by atoms with E-state index in [1.807, 2.05) is 55.0 Å². The van der Waals surface area contributed by atoms with E-state index in [0.717, 1.165) is 181 Å². The Hall–Kier alpha value is -9.96. The zero-order valence-corrected chi connectivity index (χ0v) is 47.7. The number of ether oxygens (including phenoxy) is 5. The lowest BCUT2D eigenvalue weighted by molar-refractivity contribution is 0.122. The first-order valence-electron chi connectivity index (χ1n) is 28.6. The highest BCUT2D eigenvalue weighted by atomic mass is 16.5. The van der Waals surface area contributed by atoms with Crippen LogP contribution < -0.4 is 29.7 Å². The summed E-state index contributed by atoms with van der Waals surface area (Å²) < 4.78 is 27.1. The maximum absolute atomic E-state index is 12.1. The van der Waals surface area contributed by atoms with Crippen LogP contribution in [0.25, 0.3) is 33.8 Å². The van der Waals surface area contributed by atoms with Gasteiger partial charge in [-0.2, -0.15) is 0 Å². The largest absolute Gasteiger partial charge is 0.479 e. The minimum absolute atomic E-state index is 0.197. The standard InChI is InChI=1S/2C22H21N5O2.C21H19N5O2/c2*1-28-22-21(24-6-7-25-22)15-2-3-17-14-26-20(18(17)12-15)16-4-5-23-19(13-16)27-8-10-29-11-9-27;27-21-20(23-5-6-24-21)14-1-2-16-13-25-19(17(16)11-14)15-3-4-22-18(12-15)26-7-9-28-10-8-26/h2*2-7,12-13H,8-11,14H2,1H3;1-6,11-12H,7-10,13H2,(H,24,27). The van der Waals surface area contributed by atoms with Gasteiger partial charge in [0.2, 0.25) is 11.8 Å². The minimum Gasteiger partial charge on any atom is -0.479 e. The normalized spacial score (nSPS) is 15.8. The summed E-state index contributed by atoms with van der Waals surface area (Å²) in [6.07, 6.45) is 15.3. The number of hydrogen-bond acceptors (Lipinski definition) is 20. The molecule has 3 fully saturated rings. The molecule has 0 saturated carbocycles. The first kappa shape index (κ1) is 55.2. The minimum atomic E-state index is -0.197. The molecule has 3 saturated heterocycles. The van der Waals surface area contributed by atoms with Crippen LogP contribution >= 0.6 is 0 Å². The molecule has 1 N–H and O–H groups in total. The van der Waals surface area contributed by atoms with Crippen molar-refractivity contribution in [3.63, 3.8) is 0 Å². The quantitative estimate of drug-likeness (QED) is 0.132. The third kappa shape index (κ3) is 11.8. The van der Waals surface area contributed by atoms with Crippen molar-refractivity contribution in [2.24, 2.45) is 15.0 Å². The van der Waals surface area contributed by atoms with Crippen molar-refractivity contribution in [1.29, 1.82) is 0 Å². The topological polar surface area (TPSA) is 229 Å². The van der Waals surface area contributed by atoms with Crippen molar-refractivity contribution in [2.75, 3.05) is 108 Å². The molecule has 9 aromatic rings. The number of aromatic nitrogens is 9. The fourth-order valence-corrected chi connectivity index (χ4v) is 11.2. The number of fused-ring (bicyclic) bond motifs is 3. The molecular weight excluding hydrogens is 1090 g/mol. The average Bonchev–Trinajstić information content (AvgIpc) is 3.16. The zero-order chi connectivity index (χ0) is 58.2. The summed E-state index contributed by atoms with van der Waals surface area (Å²) in [6, 6.07) is 30.9. The molecule has 15 rings (SSSR count). The summed E-state index contributed by atoms with van der Waals surface area (Å²) in [5.41, 5.74) is 17.3. The molecule has 21 nitrogen and oxygen atoms in total. The highest BCUT2D eigenvalue weighted by Crippen LogP contribution is 2.35. The second-order valence-electron chi connectivity index (χ2n) is 20.7. The lowest BCUT2D eigenvalue weighted by Crippen LogP contribution is -2.36. The molecule has 6 aliphatic rings. The van der Waals surface area contributed by atoms with Gasteiger partial charge in [0.15, 0.2) is 0 Å². The monoisotopic (exact) mass is 1150 g/mol.